The van der Waals surface area contributed by atoms with Crippen LogP contribution in [0.4, 0.5) is 0 Å². The first-order valence-corrected chi connectivity index (χ1v) is 8.25. The van der Waals surface area contributed by atoms with Crippen molar-refractivity contribution in [1.82, 2.24) is 5.32 Å². The highest BCUT2D eigenvalue weighted by Crippen LogP contribution is 2.29. The van der Waals surface area contributed by atoms with Gasteiger partial charge in [0.1, 0.15) is 5.75 Å². The Morgan fingerprint density at radius 2 is 1.86 bits per heavy atom. The first-order chi connectivity index (χ1) is 10.4. The number of hydrogen-bond acceptors (Lipinski definition) is 2. The Balaban J connectivity index is 1.84. The van der Waals surface area contributed by atoms with Crippen molar-refractivity contribution in [3.63, 3.8) is 0 Å². The number of hydrogen-bond donors (Lipinski definition) is 1. The van der Waals surface area contributed by atoms with Gasteiger partial charge in [-0.3, -0.25) is 0 Å². The molecule has 0 atom stereocenters. The second kappa shape index (κ2) is 6.95. The fourth-order valence-electron chi connectivity index (χ4n) is 3.34. The summed E-state index contributed by atoms with van der Waals surface area (Å²) in [4.78, 5) is 0. The Bertz CT molecular complexity index is 587. The summed E-state index contributed by atoms with van der Waals surface area (Å²) in [6, 6.07) is 13.5. The molecule has 2 aromatic rings. The van der Waals surface area contributed by atoms with Crippen LogP contribution in [0.3, 0.4) is 0 Å². The Labute approximate surface area is 127 Å². The second-order valence-electron chi connectivity index (χ2n) is 5.91. The normalized spacial score (nSPS) is 16.2. The average Bonchev–Trinajstić information content (AvgIpc) is 2.55. The Morgan fingerprint density at radius 1 is 1.05 bits per heavy atom. The van der Waals surface area contributed by atoms with Crippen LogP contribution in [0, 0.1) is 0 Å². The van der Waals surface area contributed by atoms with E-state index >= 15 is 0 Å². The summed E-state index contributed by atoms with van der Waals surface area (Å²) in [5.74, 6) is 1.03. The van der Waals surface area contributed by atoms with Crippen molar-refractivity contribution in [2.24, 2.45) is 0 Å². The third-order valence-corrected chi connectivity index (χ3v) is 4.47. The first kappa shape index (κ1) is 14.4. The van der Waals surface area contributed by atoms with Crippen LogP contribution in [0.5, 0.6) is 5.75 Å². The zero-order valence-corrected chi connectivity index (χ0v) is 12.9. The van der Waals surface area contributed by atoms with Crippen molar-refractivity contribution < 1.29 is 4.74 Å². The van der Waals surface area contributed by atoms with Crippen molar-refractivity contribution in [3.8, 4) is 5.75 Å². The van der Waals surface area contributed by atoms with Gasteiger partial charge < -0.3 is 10.1 Å². The topological polar surface area (TPSA) is 21.3 Å². The molecule has 2 nitrogen and oxygen atoms in total. The van der Waals surface area contributed by atoms with Crippen LogP contribution in [-0.4, -0.2) is 12.6 Å². The fraction of sp³-hybridized carbons (Fsp3) is 0.474. The molecule has 0 aromatic heterocycles. The highest BCUT2D eigenvalue weighted by molar-refractivity contribution is 5.87. The molecule has 3 rings (SSSR count). The molecule has 1 aliphatic carbocycles. The maximum Gasteiger partial charge on any atom is 0.124 e. The quantitative estimate of drug-likeness (QED) is 0.861. The molecule has 1 aliphatic rings. The van der Waals surface area contributed by atoms with Gasteiger partial charge >= 0.3 is 0 Å². The molecule has 2 heteroatoms. The number of nitrogens with one attached hydrogen (secondary N) is 1. The highest BCUT2D eigenvalue weighted by atomic mass is 16.5. The molecule has 0 saturated heterocycles. The van der Waals surface area contributed by atoms with Gasteiger partial charge in [0.25, 0.3) is 0 Å². The van der Waals surface area contributed by atoms with Crippen LogP contribution in [0.15, 0.2) is 36.4 Å². The number of benzene rings is 2. The molecular formula is C19H25NO. The molecule has 0 heterocycles. The van der Waals surface area contributed by atoms with E-state index in [9.17, 15) is 0 Å². The number of ether oxygens (including phenoxy) is 1. The van der Waals surface area contributed by atoms with E-state index in [1.165, 1.54) is 48.4 Å². The van der Waals surface area contributed by atoms with Gasteiger partial charge in [0.15, 0.2) is 0 Å². The maximum atomic E-state index is 5.84. The molecule has 0 bridgehead atoms. The lowest BCUT2D eigenvalue weighted by molar-refractivity contribution is 0.331. The molecule has 1 saturated carbocycles. The minimum absolute atomic E-state index is 0.673. The molecule has 0 spiro atoms. The fourth-order valence-corrected chi connectivity index (χ4v) is 3.34. The van der Waals surface area contributed by atoms with E-state index < -0.39 is 0 Å². The van der Waals surface area contributed by atoms with Gasteiger partial charge in [0, 0.05) is 18.2 Å². The molecule has 2 aromatic carbocycles. The second-order valence-corrected chi connectivity index (χ2v) is 5.91. The molecule has 0 radical (unpaired) electrons. The van der Waals surface area contributed by atoms with Crippen LogP contribution in [0.2, 0.25) is 0 Å². The maximum absolute atomic E-state index is 5.84. The van der Waals surface area contributed by atoms with Gasteiger partial charge in [-0.05, 0) is 36.6 Å². The van der Waals surface area contributed by atoms with Crippen LogP contribution in [0.25, 0.3) is 10.8 Å². The van der Waals surface area contributed by atoms with Crippen molar-refractivity contribution in [2.75, 3.05) is 6.61 Å². The van der Waals surface area contributed by atoms with Crippen molar-refractivity contribution in [3.05, 3.63) is 42.0 Å². The monoisotopic (exact) mass is 283 g/mol. The summed E-state index contributed by atoms with van der Waals surface area (Å²) in [7, 11) is 0. The van der Waals surface area contributed by atoms with Crippen molar-refractivity contribution in [1.29, 1.82) is 0 Å². The van der Waals surface area contributed by atoms with E-state index in [4.69, 9.17) is 4.74 Å². The van der Waals surface area contributed by atoms with E-state index in [-0.39, 0.29) is 0 Å². The third-order valence-electron chi connectivity index (χ3n) is 4.47. The highest BCUT2D eigenvalue weighted by Gasteiger charge is 2.15. The van der Waals surface area contributed by atoms with Gasteiger partial charge in [0.05, 0.1) is 6.61 Å². The summed E-state index contributed by atoms with van der Waals surface area (Å²) >= 11 is 0. The van der Waals surface area contributed by atoms with E-state index in [0.29, 0.717) is 6.04 Å². The first-order valence-electron chi connectivity index (χ1n) is 8.25. The average molecular weight is 283 g/mol. The van der Waals surface area contributed by atoms with Crippen LogP contribution >= 0.6 is 0 Å². The predicted molar refractivity (Wildman–Crippen MR) is 88.8 cm³/mol. The van der Waals surface area contributed by atoms with Crippen LogP contribution < -0.4 is 10.1 Å². The summed E-state index contributed by atoms with van der Waals surface area (Å²) < 4.78 is 5.84. The van der Waals surface area contributed by atoms with Crippen molar-refractivity contribution >= 4 is 10.8 Å². The molecule has 1 fully saturated rings. The van der Waals surface area contributed by atoms with Gasteiger partial charge in [-0.15, -0.1) is 0 Å². The summed E-state index contributed by atoms with van der Waals surface area (Å²) in [6.45, 7) is 3.67. The molecule has 112 valence electrons. The molecule has 0 unspecified atom stereocenters. The lowest BCUT2D eigenvalue weighted by Gasteiger charge is -2.24. The molecule has 0 amide bonds. The Morgan fingerprint density at radius 3 is 2.67 bits per heavy atom. The smallest absolute Gasteiger partial charge is 0.124 e. The van der Waals surface area contributed by atoms with E-state index in [2.05, 4.69) is 41.7 Å². The zero-order chi connectivity index (χ0) is 14.5. The molecular weight excluding hydrogens is 258 g/mol. The minimum atomic E-state index is 0.673. The van der Waals surface area contributed by atoms with Gasteiger partial charge in [-0.1, -0.05) is 49.6 Å². The lowest BCUT2D eigenvalue weighted by atomic mass is 9.95. The van der Waals surface area contributed by atoms with E-state index in [1.54, 1.807) is 0 Å². The standard InChI is InChI=1S/C19H25NO/c1-2-21-19-13-12-15-8-6-7-11-17(15)18(19)14-20-16-9-4-3-5-10-16/h6-8,11-13,16,20H,2-5,9-10,14H2,1H3. The van der Waals surface area contributed by atoms with E-state index in [0.717, 1.165) is 18.9 Å². The summed E-state index contributed by atoms with van der Waals surface area (Å²) in [6.07, 6.45) is 6.76. The minimum Gasteiger partial charge on any atom is -0.494 e. The van der Waals surface area contributed by atoms with Crippen LogP contribution in [-0.2, 0) is 6.54 Å². The molecule has 0 aliphatic heterocycles. The van der Waals surface area contributed by atoms with Gasteiger partial charge in [-0.2, -0.15) is 0 Å². The number of fused-ring (bicyclic) bond motifs is 1. The summed E-state index contributed by atoms with van der Waals surface area (Å²) in [5, 5.41) is 6.35. The largest absolute Gasteiger partial charge is 0.494 e. The van der Waals surface area contributed by atoms with Crippen LogP contribution in [0.1, 0.15) is 44.6 Å². The predicted octanol–water partition coefficient (Wildman–Crippen LogP) is 4.66. The lowest BCUT2D eigenvalue weighted by Crippen LogP contribution is -2.30. The van der Waals surface area contributed by atoms with E-state index in [1.807, 2.05) is 6.92 Å². The zero-order valence-electron chi connectivity index (χ0n) is 12.9. The third kappa shape index (κ3) is 3.38. The number of rotatable bonds is 5. The van der Waals surface area contributed by atoms with Gasteiger partial charge in [-0.25, -0.2) is 0 Å². The molecule has 1 N–H and O–H groups in total. The van der Waals surface area contributed by atoms with Crippen molar-refractivity contribution in [2.45, 2.75) is 51.6 Å². The summed E-state index contributed by atoms with van der Waals surface area (Å²) in [5.41, 5.74) is 1.31. The molecule has 21 heavy (non-hydrogen) atoms. The Hall–Kier alpha value is -1.54. The Kier molecular flexibility index (Phi) is 4.76. The van der Waals surface area contributed by atoms with Gasteiger partial charge in [0.2, 0.25) is 0 Å². The SMILES string of the molecule is CCOc1ccc2ccccc2c1CNC1CCCCC1.